The van der Waals surface area contributed by atoms with Crippen LogP contribution in [0, 0.1) is 0 Å². The smallest absolute Gasteiger partial charge is 0.115 e. The summed E-state index contributed by atoms with van der Waals surface area (Å²) < 4.78 is 0. The van der Waals surface area contributed by atoms with Crippen LogP contribution in [0.25, 0.3) is 0 Å². The summed E-state index contributed by atoms with van der Waals surface area (Å²) in [6, 6.07) is 7.27. The summed E-state index contributed by atoms with van der Waals surface area (Å²) in [7, 11) is 6.17. The first-order chi connectivity index (χ1) is 9.40. The van der Waals surface area contributed by atoms with E-state index in [4.69, 9.17) is 0 Å². The highest BCUT2D eigenvalue weighted by molar-refractivity contribution is 5.30. The Bertz CT molecular complexity index is 423. The maximum absolute atomic E-state index is 11.1. The van der Waals surface area contributed by atoms with Crippen molar-refractivity contribution < 1.29 is 10.2 Å². The number of phenols is 1. The minimum Gasteiger partial charge on any atom is -0.508 e. The van der Waals surface area contributed by atoms with Crippen LogP contribution in [0.2, 0.25) is 0 Å². The third kappa shape index (κ3) is 3.51. The van der Waals surface area contributed by atoms with Crippen LogP contribution in [0.1, 0.15) is 24.3 Å². The van der Waals surface area contributed by atoms with Crippen LogP contribution in [0.3, 0.4) is 0 Å². The molecule has 0 aliphatic carbocycles. The van der Waals surface area contributed by atoms with Crippen LogP contribution in [0.15, 0.2) is 24.3 Å². The summed E-state index contributed by atoms with van der Waals surface area (Å²) in [5, 5.41) is 20.6. The predicted octanol–water partition coefficient (Wildman–Crippen LogP) is 1.49. The fourth-order valence-corrected chi connectivity index (χ4v) is 3.01. The maximum Gasteiger partial charge on any atom is 0.115 e. The molecule has 1 aliphatic rings. The van der Waals surface area contributed by atoms with Crippen LogP contribution in [0.5, 0.6) is 5.75 Å². The van der Waals surface area contributed by atoms with E-state index in [1.165, 1.54) is 0 Å². The molecule has 1 aromatic carbocycles. The number of aliphatic hydroxyl groups is 1. The summed E-state index contributed by atoms with van der Waals surface area (Å²) in [6.45, 7) is 2.67. The number of benzene rings is 1. The molecule has 0 amide bonds. The third-order valence-electron chi connectivity index (χ3n) is 4.34. The minimum absolute atomic E-state index is 0.0757. The van der Waals surface area contributed by atoms with E-state index in [1.54, 1.807) is 12.1 Å². The zero-order valence-electron chi connectivity index (χ0n) is 12.7. The lowest BCUT2D eigenvalue weighted by Crippen LogP contribution is -2.49. The highest BCUT2D eigenvalue weighted by Gasteiger charge is 2.40. The second-order valence-electron chi connectivity index (χ2n) is 6.31. The normalized spacial score (nSPS) is 21.1. The molecule has 0 saturated carbocycles. The average molecular weight is 278 g/mol. The zero-order valence-corrected chi connectivity index (χ0v) is 12.7. The molecule has 0 radical (unpaired) electrons. The van der Waals surface area contributed by atoms with Crippen LogP contribution in [-0.2, 0) is 0 Å². The molecule has 1 atom stereocenters. The Kier molecular flexibility index (Phi) is 4.68. The summed E-state index contributed by atoms with van der Waals surface area (Å²) in [4.78, 5) is 4.38. The maximum atomic E-state index is 11.1. The highest BCUT2D eigenvalue weighted by atomic mass is 16.3. The van der Waals surface area contributed by atoms with Crippen LogP contribution < -0.4 is 0 Å². The Labute approximate surface area is 121 Å². The van der Waals surface area contributed by atoms with Crippen molar-refractivity contribution in [2.24, 2.45) is 0 Å². The Morgan fingerprint density at radius 3 is 2.25 bits per heavy atom. The van der Waals surface area contributed by atoms with Crippen LogP contribution in [0.4, 0.5) is 0 Å². The SMILES string of the molecule is CN(C)CC(c1ccc(O)cc1)C1(O)CCN(C)CC1. The average Bonchev–Trinajstić information content (AvgIpc) is 2.41. The first kappa shape index (κ1) is 15.3. The van der Waals surface area contributed by atoms with Crippen molar-refractivity contribution in [2.45, 2.75) is 24.4 Å². The topological polar surface area (TPSA) is 46.9 Å². The van der Waals surface area contributed by atoms with Gasteiger partial charge in [0, 0.05) is 25.6 Å². The summed E-state index contributed by atoms with van der Waals surface area (Å²) in [6.07, 6.45) is 1.59. The molecule has 20 heavy (non-hydrogen) atoms. The minimum atomic E-state index is -0.659. The number of hydrogen-bond acceptors (Lipinski definition) is 4. The fraction of sp³-hybridized carbons (Fsp3) is 0.625. The molecule has 1 aliphatic heterocycles. The monoisotopic (exact) mass is 278 g/mol. The number of hydrogen-bond donors (Lipinski definition) is 2. The van der Waals surface area contributed by atoms with Gasteiger partial charge in [-0.2, -0.15) is 0 Å². The van der Waals surface area contributed by atoms with Crippen molar-refractivity contribution in [3.8, 4) is 5.75 Å². The van der Waals surface area contributed by atoms with Gasteiger partial charge in [0.1, 0.15) is 5.75 Å². The van der Waals surface area contributed by atoms with Gasteiger partial charge in [0.15, 0.2) is 0 Å². The van der Waals surface area contributed by atoms with Crippen LogP contribution >= 0.6 is 0 Å². The van der Waals surface area contributed by atoms with Gasteiger partial charge in [-0.1, -0.05) is 12.1 Å². The molecule has 2 rings (SSSR count). The van der Waals surface area contributed by atoms with Crippen molar-refractivity contribution in [3.05, 3.63) is 29.8 Å². The van der Waals surface area contributed by atoms with Crippen molar-refractivity contribution in [1.82, 2.24) is 9.80 Å². The first-order valence-electron chi connectivity index (χ1n) is 7.25. The predicted molar refractivity (Wildman–Crippen MR) is 81.1 cm³/mol. The number of rotatable bonds is 4. The molecule has 2 N–H and O–H groups in total. The van der Waals surface area contributed by atoms with Gasteiger partial charge in [0.05, 0.1) is 5.60 Å². The molecular weight excluding hydrogens is 252 g/mol. The van der Waals surface area contributed by atoms with E-state index in [-0.39, 0.29) is 11.7 Å². The Morgan fingerprint density at radius 2 is 1.75 bits per heavy atom. The number of nitrogens with zero attached hydrogens (tertiary/aromatic N) is 2. The van der Waals surface area contributed by atoms with Crippen molar-refractivity contribution in [2.75, 3.05) is 40.8 Å². The molecule has 1 heterocycles. The highest BCUT2D eigenvalue weighted by Crippen LogP contribution is 2.37. The molecule has 112 valence electrons. The van der Waals surface area contributed by atoms with Gasteiger partial charge < -0.3 is 20.0 Å². The van der Waals surface area contributed by atoms with Gasteiger partial charge in [-0.15, -0.1) is 0 Å². The van der Waals surface area contributed by atoms with E-state index in [2.05, 4.69) is 16.8 Å². The van der Waals surface area contributed by atoms with Gasteiger partial charge in [-0.25, -0.2) is 0 Å². The molecule has 1 fully saturated rings. The Hall–Kier alpha value is -1.10. The lowest BCUT2D eigenvalue weighted by molar-refractivity contribution is -0.0434. The van der Waals surface area contributed by atoms with Gasteiger partial charge in [0.25, 0.3) is 0 Å². The molecule has 4 nitrogen and oxygen atoms in total. The second-order valence-corrected chi connectivity index (χ2v) is 6.31. The van der Waals surface area contributed by atoms with E-state index in [0.717, 1.165) is 38.0 Å². The fourth-order valence-electron chi connectivity index (χ4n) is 3.01. The van der Waals surface area contributed by atoms with Crippen LogP contribution in [-0.4, -0.2) is 66.4 Å². The Morgan fingerprint density at radius 1 is 1.20 bits per heavy atom. The van der Waals surface area contributed by atoms with Crippen molar-refractivity contribution >= 4 is 0 Å². The van der Waals surface area contributed by atoms with Gasteiger partial charge in [-0.05, 0) is 51.7 Å². The first-order valence-corrected chi connectivity index (χ1v) is 7.25. The number of aromatic hydroxyl groups is 1. The standard InChI is InChI=1S/C16H26N2O2/c1-17(2)12-15(13-4-6-14(19)7-5-13)16(20)8-10-18(3)11-9-16/h4-7,15,19-20H,8-12H2,1-3H3. The number of phenolic OH excluding ortho intramolecular Hbond substituents is 1. The van der Waals surface area contributed by atoms with Crippen molar-refractivity contribution in [3.63, 3.8) is 0 Å². The lowest BCUT2D eigenvalue weighted by atomic mass is 9.75. The van der Waals surface area contributed by atoms with Gasteiger partial charge in [-0.3, -0.25) is 0 Å². The largest absolute Gasteiger partial charge is 0.508 e. The third-order valence-corrected chi connectivity index (χ3v) is 4.34. The molecule has 1 aromatic rings. The summed E-state index contributed by atoms with van der Waals surface area (Å²) >= 11 is 0. The number of piperidine rings is 1. The van der Waals surface area contributed by atoms with Gasteiger partial charge in [0.2, 0.25) is 0 Å². The Balaban J connectivity index is 2.25. The molecule has 1 unspecified atom stereocenters. The van der Waals surface area contributed by atoms with E-state index in [9.17, 15) is 10.2 Å². The molecule has 0 spiro atoms. The number of likely N-dealkylation sites (tertiary alicyclic amines) is 1. The van der Waals surface area contributed by atoms with E-state index >= 15 is 0 Å². The molecule has 0 bridgehead atoms. The molecule has 0 aromatic heterocycles. The van der Waals surface area contributed by atoms with E-state index < -0.39 is 5.60 Å². The molecule has 1 saturated heterocycles. The number of likely N-dealkylation sites (N-methyl/N-ethyl adjacent to an activating group) is 1. The lowest BCUT2D eigenvalue weighted by Gasteiger charge is -2.43. The summed E-state index contributed by atoms with van der Waals surface area (Å²) in [5.74, 6) is 0.347. The quantitative estimate of drug-likeness (QED) is 0.876. The van der Waals surface area contributed by atoms with E-state index in [0.29, 0.717) is 0 Å². The molecular formula is C16H26N2O2. The summed E-state index contributed by atoms with van der Waals surface area (Å²) in [5.41, 5.74) is 0.442. The molecule has 4 heteroatoms. The van der Waals surface area contributed by atoms with Crippen molar-refractivity contribution in [1.29, 1.82) is 0 Å². The second kappa shape index (κ2) is 6.12. The van der Waals surface area contributed by atoms with E-state index in [1.807, 2.05) is 26.2 Å². The zero-order chi connectivity index (χ0) is 14.8. The van der Waals surface area contributed by atoms with Gasteiger partial charge >= 0.3 is 0 Å².